The van der Waals surface area contributed by atoms with Gasteiger partial charge in [-0.15, -0.1) is 0 Å². The van der Waals surface area contributed by atoms with Crippen molar-refractivity contribution in [2.45, 2.75) is 6.18 Å². The zero-order valence-corrected chi connectivity index (χ0v) is 12.4. The standard InChI is InChI=1S/C13H5BrClF4NO/c14-8-3-1-6(5-9(8)16)11(21)7-2-4-10(13(17,18)19)20-12(7)15/h1-5H. The number of carbonyl (C=O) groups is 1. The normalized spacial score (nSPS) is 11.5. The molecule has 21 heavy (non-hydrogen) atoms. The van der Waals surface area contributed by atoms with Crippen LogP contribution in [0.15, 0.2) is 34.8 Å². The summed E-state index contributed by atoms with van der Waals surface area (Å²) in [6.45, 7) is 0. The van der Waals surface area contributed by atoms with Crippen LogP contribution in [-0.2, 0) is 6.18 Å². The topological polar surface area (TPSA) is 30.0 Å². The van der Waals surface area contributed by atoms with Crippen molar-refractivity contribution in [2.75, 3.05) is 0 Å². The maximum atomic E-state index is 13.4. The highest BCUT2D eigenvalue weighted by Crippen LogP contribution is 2.30. The third-order valence-corrected chi connectivity index (χ3v) is 3.50. The fraction of sp³-hybridized carbons (Fsp3) is 0.0769. The smallest absolute Gasteiger partial charge is 0.288 e. The lowest BCUT2D eigenvalue weighted by Crippen LogP contribution is -2.11. The first kappa shape index (κ1) is 15.9. The largest absolute Gasteiger partial charge is 0.433 e. The summed E-state index contributed by atoms with van der Waals surface area (Å²) in [7, 11) is 0. The van der Waals surface area contributed by atoms with Gasteiger partial charge < -0.3 is 0 Å². The molecule has 2 rings (SSSR count). The Bertz CT molecular complexity index is 718. The number of benzene rings is 1. The summed E-state index contributed by atoms with van der Waals surface area (Å²) >= 11 is 8.55. The molecule has 0 spiro atoms. The molecule has 2 nitrogen and oxygen atoms in total. The van der Waals surface area contributed by atoms with Crippen LogP contribution in [0.1, 0.15) is 21.6 Å². The minimum atomic E-state index is -4.66. The van der Waals surface area contributed by atoms with Crippen molar-refractivity contribution in [1.29, 1.82) is 0 Å². The van der Waals surface area contributed by atoms with E-state index in [1.54, 1.807) is 0 Å². The fourth-order valence-electron chi connectivity index (χ4n) is 1.55. The molecule has 0 atom stereocenters. The molecule has 0 saturated carbocycles. The van der Waals surface area contributed by atoms with Gasteiger partial charge in [0.05, 0.1) is 10.0 Å². The van der Waals surface area contributed by atoms with E-state index in [2.05, 4.69) is 20.9 Å². The van der Waals surface area contributed by atoms with Crippen LogP contribution >= 0.6 is 27.5 Å². The van der Waals surface area contributed by atoms with E-state index in [1.165, 1.54) is 12.1 Å². The van der Waals surface area contributed by atoms with Gasteiger partial charge in [0.1, 0.15) is 16.7 Å². The monoisotopic (exact) mass is 381 g/mol. The van der Waals surface area contributed by atoms with E-state index in [-0.39, 0.29) is 15.6 Å². The van der Waals surface area contributed by atoms with Crippen LogP contribution in [-0.4, -0.2) is 10.8 Å². The Morgan fingerprint density at radius 2 is 1.86 bits per heavy atom. The number of carbonyl (C=O) groups excluding carboxylic acids is 1. The molecule has 0 saturated heterocycles. The number of hydrogen-bond donors (Lipinski definition) is 0. The second-order valence-electron chi connectivity index (χ2n) is 3.99. The predicted molar refractivity (Wildman–Crippen MR) is 71.8 cm³/mol. The van der Waals surface area contributed by atoms with Crippen LogP contribution in [0.4, 0.5) is 17.6 Å². The molecule has 0 radical (unpaired) electrons. The molecule has 0 N–H and O–H groups in total. The van der Waals surface area contributed by atoms with Crippen molar-refractivity contribution in [2.24, 2.45) is 0 Å². The van der Waals surface area contributed by atoms with Crippen LogP contribution in [0, 0.1) is 5.82 Å². The summed E-state index contributed by atoms with van der Waals surface area (Å²) < 4.78 is 50.9. The highest BCUT2D eigenvalue weighted by molar-refractivity contribution is 9.10. The third kappa shape index (κ3) is 3.41. The van der Waals surface area contributed by atoms with Crippen molar-refractivity contribution in [1.82, 2.24) is 4.98 Å². The zero-order valence-electron chi connectivity index (χ0n) is 10.0. The van der Waals surface area contributed by atoms with E-state index in [9.17, 15) is 22.4 Å². The molecule has 0 amide bonds. The summed E-state index contributed by atoms with van der Waals surface area (Å²) in [6.07, 6.45) is -4.66. The summed E-state index contributed by atoms with van der Waals surface area (Å²) in [5.41, 5.74) is -1.48. The lowest BCUT2D eigenvalue weighted by atomic mass is 10.0. The number of rotatable bonds is 2. The molecule has 1 aromatic carbocycles. The summed E-state index contributed by atoms with van der Waals surface area (Å²) in [5, 5.41) is -0.585. The molecule has 0 fully saturated rings. The van der Waals surface area contributed by atoms with Crippen molar-refractivity contribution >= 4 is 33.3 Å². The van der Waals surface area contributed by atoms with Crippen molar-refractivity contribution in [3.63, 3.8) is 0 Å². The average Bonchev–Trinajstić information content (AvgIpc) is 2.40. The molecule has 110 valence electrons. The van der Waals surface area contributed by atoms with Crippen LogP contribution in [0.25, 0.3) is 0 Å². The van der Waals surface area contributed by atoms with Crippen LogP contribution < -0.4 is 0 Å². The van der Waals surface area contributed by atoms with Gasteiger partial charge in [-0.1, -0.05) is 11.6 Å². The molecular weight excluding hydrogens is 377 g/mol. The summed E-state index contributed by atoms with van der Waals surface area (Å²) in [6, 6.07) is 5.16. The van der Waals surface area contributed by atoms with Gasteiger partial charge in [-0.3, -0.25) is 4.79 Å². The van der Waals surface area contributed by atoms with E-state index in [4.69, 9.17) is 11.6 Å². The minimum absolute atomic E-state index is 0.0424. The molecule has 1 heterocycles. The molecule has 0 aliphatic carbocycles. The summed E-state index contributed by atoms with van der Waals surface area (Å²) in [5.74, 6) is -1.38. The molecule has 1 aromatic heterocycles. The van der Waals surface area contributed by atoms with E-state index in [0.717, 1.165) is 12.1 Å². The van der Waals surface area contributed by atoms with E-state index >= 15 is 0 Å². The van der Waals surface area contributed by atoms with E-state index in [1.807, 2.05) is 0 Å². The summed E-state index contributed by atoms with van der Waals surface area (Å²) in [4.78, 5) is 15.3. The molecule has 2 aromatic rings. The van der Waals surface area contributed by atoms with Crippen LogP contribution in [0.2, 0.25) is 5.15 Å². The fourth-order valence-corrected chi connectivity index (χ4v) is 2.04. The quantitative estimate of drug-likeness (QED) is 0.421. The highest BCUT2D eigenvalue weighted by atomic mass is 79.9. The number of halogens is 6. The number of ketones is 1. The number of hydrogen-bond acceptors (Lipinski definition) is 2. The first-order chi connectivity index (χ1) is 9.70. The van der Waals surface area contributed by atoms with Gasteiger partial charge in [0.15, 0.2) is 5.78 Å². The third-order valence-electron chi connectivity index (χ3n) is 2.57. The number of alkyl halides is 3. The van der Waals surface area contributed by atoms with E-state index < -0.39 is 28.6 Å². The maximum Gasteiger partial charge on any atom is 0.433 e. The number of nitrogens with zero attached hydrogens (tertiary/aromatic N) is 1. The Morgan fingerprint density at radius 1 is 1.19 bits per heavy atom. The Hall–Kier alpha value is -1.47. The maximum absolute atomic E-state index is 13.4. The first-order valence-corrected chi connectivity index (χ1v) is 6.60. The molecular formula is C13H5BrClF4NO. The van der Waals surface area contributed by atoms with Crippen molar-refractivity contribution in [3.05, 3.63) is 62.6 Å². The predicted octanol–water partition coefficient (Wildman–Crippen LogP) is 4.89. The molecule has 0 aliphatic heterocycles. The second-order valence-corrected chi connectivity index (χ2v) is 5.20. The second kappa shape index (κ2) is 5.73. The van der Waals surface area contributed by atoms with Crippen molar-refractivity contribution < 1.29 is 22.4 Å². The van der Waals surface area contributed by atoms with Crippen LogP contribution in [0.5, 0.6) is 0 Å². The Labute approximate surface area is 129 Å². The van der Waals surface area contributed by atoms with Gasteiger partial charge >= 0.3 is 6.18 Å². The van der Waals surface area contributed by atoms with Gasteiger partial charge in [0, 0.05) is 5.56 Å². The SMILES string of the molecule is O=C(c1ccc(Br)c(F)c1)c1ccc(C(F)(F)F)nc1Cl. The number of aromatic nitrogens is 1. The Balaban J connectivity index is 2.42. The molecule has 0 aliphatic rings. The molecule has 8 heteroatoms. The highest BCUT2D eigenvalue weighted by Gasteiger charge is 2.33. The van der Waals surface area contributed by atoms with Gasteiger partial charge in [0.25, 0.3) is 0 Å². The van der Waals surface area contributed by atoms with Crippen molar-refractivity contribution in [3.8, 4) is 0 Å². The van der Waals surface area contributed by atoms with Crippen LogP contribution in [0.3, 0.4) is 0 Å². The van der Waals surface area contributed by atoms with Gasteiger partial charge in [0.2, 0.25) is 0 Å². The lowest BCUT2D eigenvalue weighted by molar-refractivity contribution is -0.141. The lowest BCUT2D eigenvalue weighted by Gasteiger charge is -2.08. The first-order valence-electron chi connectivity index (χ1n) is 5.43. The minimum Gasteiger partial charge on any atom is -0.288 e. The number of pyridine rings is 1. The Kier molecular flexibility index (Phi) is 4.34. The average molecular weight is 383 g/mol. The van der Waals surface area contributed by atoms with Gasteiger partial charge in [-0.2, -0.15) is 13.2 Å². The van der Waals surface area contributed by atoms with E-state index in [0.29, 0.717) is 6.07 Å². The molecule has 0 bridgehead atoms. The Morgan fingerprint density at radius 3 is 2.38 bits per heavy atom. The molecule has 0 unspecified atom stereocenters. The van der Waals surface area contributed by atoms with Gasteiger partial charge in [-0.05, 0) is 46.3 Å². The zero-order chi connectivity index (χ0) is 15.8. The van der Waals surface area contributed by atoms with Gasteiger partial charge in [-0.25, -0.2) is 9.37 Å².